The number of carbonyl (C=O) groups is 4. The third-order valence-electron chi connectivity index (χ3n) is 6.28. The molecule has 2 N–H and O–H groups in total. The quantitative estimate of drug-likeness (QED) is 0.154. The van der Waals surface area contributed by atoms with Crippen LogP contribution in [0.1, 0.15) is 75.7 Å². The second-order valence-electron chi connectivity index (χ2n) is 10.00. The smallest absolute Gasteiger partial charge is 0.468 e. The van der Waals surface area contributed by atoms with Crippen molar-refractivity contribution < 1.29 is 47.6 Å². The van der Waals surface area contributed by atoms with E-state index in [0.717, 1.165) is 12.8 Å². The van der Waals surface area contributed by atoms with E-state index in [9.17, 15) is 19.2 Å². The van der Waals surface area contributed by atoms with Gasteiger partial charge in [-0.25, -0.2) is 14.4 Å². The van der Waals surface area contributed by atoms with E-state index in [2.05, 4.69) is 0 Å². The van der Waals surface area contributed by atoms with Crippen LogP contribution in [0.4, 0.5) is 9.59 Å². The second kappa shape index (κ2) is 17.0. The van der Waals surface area contributed by atoms with Gasteiger partial charge in [-0.1, -0.05) is 51.0 Å². The molecule has 0 aliphatic rings. The monoisotopic (exact) mass is 587 g/mol. The van der Waals surface area contributed by atoms with Crippen molar-refractivity contribution >= 4 is 24.2 Å². The van der Waals surface area contributed by atoms with Crippen LogP contribution in [0.2, 0.25) is 0 Å². The van der Waals surface area contributed by atoms with Crippen molar-refractivity contribution in [3.05, 3.63) is 59.7 Å². The minimum Gasteiger partial charge on any atom is -0.468 e. The SMILES string of the molecule is CCCC(C)OC(=O)Oc1cc(C[C@](N)(CCOC(=O)c2ccccc2)C(=O)OC)ccc1OC(=O)O[C@@H](C)CCC. The van der Waals surface area contributed by atoms with Gasteiger partial charge in [0.05, 0.1) is 19.3 Å². The highest BCUT2D eigenvalue weighted by molar-refractivity contribution is 5.89. The first-order chi connectivity index (χ1) is 20.0. The highest BCUT2D eigenvalue weighted by Crippen LogP contribution is 2.31. The molecule has 0 saturated carbocycles. The van der Waals surface area contributed by atoms with Crippen molar-refractivity contribution in [1.82, 2.24) is 0 Å². The molecule has 0 aromatic heterocycles. The standard InChI is InChI=1S/C31H41NO10/c1-6-11-21(3)39-29(35)41-25-16-15-23(19-26(25)42-30(36)40-22(4)12-7-2)20-31(32,28(34)37-5)17-18-38-27(33)24-13-9-8-10-14-24/h8-10,13-16,19,21-22H,6-7,11-12,17-18,20,32H2,1-5H3/t21-,22?,31+/m0/s1. The number of benzene rings is 2. The molecule has 11 nitrogen and oxygen atoms in total. The van der Waals surface area contributed by atoms with E-state index in [-0.39, 0.29) is 37.1 Å². The van der Waals surface area contributed by atoms with Crippen LogP contribution in [0.25, 0.3) is 0 Å². The molecule has 0 radical (unpaired) electrons. The summed E-state index contributed by atoms with van der Waals surface area (Å²) in [4.78, 5) is 49.9. The van der Waals surface area contributed by atoms with Gasteiger partial charge in [-0.2, -0.15) is 0 Å². The highest BCUT2D eigenvalue weighted by atomic mass is 16.7. The molecule has 3 atom stereocenters. The number of hydrogen-bond donors (Lipinski definition) is 1. The number of esters is 2. The minimum atomic E-state index is -1.60. The van der Waals surface area contributed by atoms with Crippen molar-refractivity contribution in [2.24, 2.45) is 5.73 Å². The Morgan fingerprint density at radius 1 is 0.833 bits per heavy atom. The maximum absolute atomic E-state index is 12.7. The molecular formula is C31H41NO10. The van der Waals surface area contributed by atoms with Crippen LogP contribution in [-0.2, 0) is 30.2 Å². The topological polar surface area (TPSA) is 150 Å². The highest BCUT2D eigenvalue weighted by Gasteiger charge is 2.36. The first-order valence-corrected chi connectivity index (χ1v) is 14.0. The van der Waals surface area contributed by atoms with E-state index >= 15 is 0 Å². The first kappa shape index (κ1) is 34.1. The molecule has 0 aliphatic carbocycles. The first-order valence-electron chi connectivity index (χ1n) is 14.0. The molecule has 0 spiro atoms. The maximum Gasteiger partial charge on any atom is 0.514 e. The average Bonchev–Trinajstić information content (AvgIpc) is 2.94. The Hall–Kier alpha value is -4.12. The lowest BCUT2D eigenvalue weighted by atomic mass is 9.88. The van der Waals surface area contributed by atoms with Crippen molar-refractivity contribution in [3.63, 3.8) is 0 Å². The van der Waals surface area contributed by atoms with Gasteiger partial charge in [0, 0.05) is 12.8 Å². The number of hydrogen-bond acceptors (Lipinski definition) is 11. The van der Waals surface area contributed by atoms with Crippen molar-refractivity contribution in [2.75, 3.05) is 13.7 Å². The van der Waals surface area contributed by atoms with Gasteiger partial charge in [-0.3, -0.25) is 4.79 Å². The Morgan fingerprint density at radius 3 is 1.95 bits per heavy atom. The van der Waals surface area contributed by atoms with Gasteiger partial charge in [0.1, 0.15) is 17.7 Å². The van der Waals surface area contributed by atoms with E-state index in [1.54, 1.807) is 50.2 Å². The van der Waals surface area contributed by atoms with Gasteiger partial charge in [0.15, 0.2) is 11.5 Å². The summed E-state index contributed by atoms with van der Waals surface area (Å²) in [7, 11) is 1.20. The van der Waals surface area contributed by atoms with Crippen molar-refractivity contribution in [1.29, 1.82) is 0 Å². The summed E-state index contributed by atoms with van der Waals surface area (Å²) in [5, 5.41) is 0. The van der Waals surface area contributed by atoms with Gasteiger partial charge in [-0.15, -0.1) is 0 Å². The van der Waals surface area contributed by atoms with Gasteiger partial charge in [0.2, 0.25) is 0 Å². The molecule has 2 aromatic rings. The zero-order valence-corrected chi connectivity index (χ0v) is 24.9. The lowest BCUT2D eigenvalue weighted by molar-refractivity contribution is -0.147. The predicted octanol–water partition coefficient (Wildman–Crippen LogP) is 5.75. The normalized spacial score (nSPS) is 13.6. The number of methoxy groups -OCH3 is 1. The minimum absolute atomic E-state index is 0.0646. The van der Waals surface area contributed by atoms with Gasteiger partial charge >= 0.3 is 24.2 Å². The van der Waals surface area contributed by atoms with Crippen LogP contribution >= 0.6 is 0 Å². The Bertz CT molecular complexity index is 1190. The Kier molecular flexibility index (Phi) is 13.8. The Morgan fingerprint density at radius 2 is 1.40 bits per heavy atom. The van der Waals surface area contributed by atoms with E-state index in [0.29, 0.717) is 24.0 Å². The Balaban J connectivity index is 2.25. The molecule has 1 unspecified atom stereocenters. The molecule has 0 fully saturated rings. The summed E-state index contributed by atoms with van der Waals surface area (Å²) in [6, 6.07) is 12.8. The largest absolute Gasteiger partial charge is 0.514 e. The molecule has 2 aromatic carbocycles. The molecule has 2 rings (SSSR count). The third kappa shape index (κ3) is 11.0. The van der Waals surface area contributed by atoms with Crippen LogP contribution < -0.4 is 15.2 Å². The zero-order valence-electron chi connectivity index (χ0n) is 24.9. The van der Waals surface area contributed by atoms with Gasteiger partial charge < -0.3 is 34.2 Å². The molecule has 0 bridgehead atoms. The number of carbonyl (C=O) groups excluding carboxylic acids is 4. The van der Waals surface area contributed by atoms with Gasteiger partial charge in [-0.05, 0) is 56.5 Å². The Labute approximate surface area is 246 Å². The molecular weight excluding hydrogens is 546 g/mol. The maximum atomic E-state index is 12.7. The summed E-state index contributed by atoms with van der Waals surface area (Å²) in [5.74, 6) is -1.52. The number of rotatable bonds is 15. The van der Waals surface area contributed by atoms with E-state index in [1.165, 1.54) is 19.2 Å². The number of ether oxygens (including phenoxy) is 6. The fourth-order valence-electron chi connectivity index (χ4n) is 4.13. The lowest BCUT2D eigenvalue weighted by Gasteiger charge is -2.27. The fourth-order valence-corrected chi connectivity index (χ4v) is 4.13. The molecule has 0 heterocycles. The van der Waals surface area contributed by atoms with Crippen molar-refractivity contribution in [2.45, 2.75) is 84.0 Å². The van der Waals surface area contributed by atoms with Gasteiger partial charge in [0.25, 0.3) is 0 Å². The second-order valence-corrected chi connectivity index (χ2v) is 10.00. The zero-order chi connectivity index (χ0) is 31.1. The molecule has 42 heavy (non-hydrogen) atoms. The predicted molar refractivity (Wildman–Crippen MR) is 153 cm³/mol. The average molecular weight is 588 g/mol. The summed E-state index contributed by atoms with van der Waals surface area (Å²) >= 11 is 0. The van der Waals surface area contributed by atoms with Crippen LogP contribution in [0.3, 0.4) is 0 Å². The van der Waals surface area contributed by atoms with E-state index in [1.807, 2.05) is 13.8 Å². The summed E-state index contributed by atoms with van der Waals surface area (Å²) in [6.45, 7) is 7.22. The molecule has 11 heteroatoms. The number of nitrogens with two attached hydrogens (primary N) is 1. The lowest BCUT2D eigenvalue weighted by Crippen LogP contribution is -2.51. The third-order valence-corrected chi connectivity index (χ3v) is 6.28. The van der Waals surface area contributed by atoms with E-state index in [4.69, 9.17) is 34.2 Å². The van der Waals surface area contributed by atoms with Crippen molar-refractivity contribution in [3.8, 4) is 11.5 Å². The van der Waals surface area contributed by atoms with Crippen LogP contribution in [0.5, 0.6) is 11.5 Å². The molecule has 230 valence electrons. The molecule has 0 amide bonds. The molecule has 0 saturated heterocycles. The summed E-state index contributed by atoms with van der Waals surface area (Å²) < 4.78 is 31.5. The van der Waals surface area contributed by atoms with Crippen LogP contribution in [0, 0.1) is 0 Å². The molecule has 0 aliphatic heterocycles. The summed E-state index contributed by atoms with van der Waals surface area (Å²) in [6.07, 6.45) is -0.00317. The van der Waals surface area contributed by atoms with E-state index < -0.39 is 35.9 Å². The van der Waals surface area contributed by atoms with Crippen LogP contribution in [-0.4, -0.2) is 55.7 Å². The van der Waals surface area contributed by atoms with Crippen LogP contribution in [0.15, 0.2) is 48.5 Å². The fraction of sp³-hybridized carbons (Fsp3) is 0.484. The summed E-state index contributed by atoms with van der Waals surface area (Å²) in [5.41, 5.74) is 5.66.